The number of aliphatic hydroxyl groups excluding tert-OH is 1. The molecule has 0 aliphatic carbocycles. The SMILES string of the molecule is CN1CC(C)(C)N(c2ccccc2)CC1CCO. The Balaban J connectivity index is 2.22. The Bertz CT molecular complexity index is 377. The smallest absolute Gasteiger partial charge is 0.0473 e. The van der Waals surface area contributed by atoms with Crippen molar-refractivity contribution in [3.63, 3.8) is 0 Å². The summed E-state index contributed by atoms with van der Waals surface area (Å²) in [6, 6.07) is 11.0. The number of piperazine rings is 1. The minimum absolute atomic E-state index is 0.127. The van der Waals surface area contributed by atoms with Crippen LogP contribution in [0.15, 0.2) is 30.3 Å². The molecule has 18 heavy (non-hydrogen) atoms. The predicted octanol–water partition coefficient (Wildman–Crippen LogP) is 1.97. The zero-order chi connectivity index (χ0) is 13.2. The molecular weight excluding hydrogens is 224 g/mol. The number of anilines is 1. The van der Waals surface area contributed by atoms with Gasteiger partial charge in [0.15, 0.2) is 0 Å². The third-order valence-electron chi connectivity index (χ3n) is 3.91. The fraction of sp³-hybridized carbons (Fsp3) is 0.600. The fourth-order valence-corrected chi connectivity index (χ4v) is 2.95. The summed E-state index contributed by atoms with van der Waals surface area (Å²) in [4.78, 5) is 4.84. The fourth-order valence-electron chi connectivity index (χ4n) is 2.95. The summed E-state index contributed by atoms with van der Waals surface area (Å²) in [6.45, 7) is 6.83. The van der Waals surface area contributed by atoms with E-state index in [2.05, 4.69) is 61.0 Å². The van der Waals surface area contributed by atoms with Crippen LogP contribution in [0.25, 0.3) is 0 Å². The maximum absolute atomic E-state index is 9.18. The van der Waals surface area contributed by atoms with Crippen LogP contribution in [0.5, 0.6) is 0 Å². The summed E-state index contributed by atoms with van der Waals surface area (Å²) in [5.41, 5.74) is 1.40. The Labute approximate surface area is 110 Å². The first-order chi connectivity index (χ1) is 8.54. The molecule has 1 aliphatic rings. The molecule has 100 valence electrons. The Morgan fingerprint density at radius 2 is 1.94 bits per heavy atom. The van der Waals surface area contributed by atoms with Gasteiger partial charge < -0.3 is 10.0 Å². The lowest BCUT2D eigenvalue weighted by molar-refractivity contribution is 0.125. The van der Waals surface area contributed by atoms with Gasteiger partial charge in [-0.3, -0.25) is 4.90 Å². The van der Waals surface area contributed by atoms with Gasteiger partial charge >= 0.3 is 0 Å². The van der Waals surface area contributed by atoms with E-state index in [4.69, 9.17) is 0 Å². The van der Waals surface area contributed by atoms with E-state index in [1.165, 1.54) is 5.69 Å². The molecule has 1 aromatic rings. The molecule has 3 heteroatoms. The van der Waals surface area contributed by atoms with Crippen LogP contribution in [0.4, 0.5) is 5.69 Å². The molecule has 0 amide bonds. The lowest BCUT2D eigenvalue weighted by Gasteiger charge is -2.51. The van der Waals surface area contributed by atoms with E-state index in [0.717, 1.165) is 19.5 Å². The third-order valence-corrected chi connectivity index (χ3v) is 3.91. The molecular formula is C15H24N2O. The van der Waals surface area contributed by atoms with Gasteiger partial charge in [-0.1, -0.05) is 18.2 Å². The van der Waals surface area contributed by atoms with Gasteiger partial charge in [0.2, 0.25) is 0 Å². The van der Waals surface area contributed by atoms with Crippen LogP contribution in [-0.4, -0.2) is 48.3 Å². The van der Waals surface area contributed by atoms with Gasteiger partial charge in [0.1, 0.15) is 0 Å². The predicted molar refractivity (Wildman–Crippen MR) is 76.0 cm³/mol. The van der Waals surface area contributed by atoms with Gasteiger partial charge in [0, 0.05) is 37.0 Å². The van der Waals surface area contributed by atoms with Gasteiger partial charge in [-0.05, 0) is 39.4 Å². The average Bonchev–Trinajstić information content (AvgIpc) is 2.33. The normalized spacial score (nSPS) is 24.2. The lowest BCUT2D eigenvalue weighted by Crippen LogP contribution is -2.62. The van der Waals surface area contributed by atoms with Crippen molar-refractivity contribution in [3.05, 3.63) is 30.3 Å². The zero-order valence-corrected chi connectivity index (χ0v) is 11.6. The number of likely N-dealkylation sites (N-methyl/N-ethyl adjacent to an activating group) is 1. The maximum Gasteiger partial charge on any atom is 0.0473 e. The van der Waals surface area contributed by atoms with Crippen LogP contribution in [0, 0.1) is 0 Å². The highest BCUT2D eigenvalue weighted by molar-refractivity contribution is 5.49. The summed E-state index contributed by atoms with van der Waals surface area (Å²) in [7, 11) is 2.16. The highest BCUT2D eigenvalue weighted by Gasteiger charge is 2.36. The van der Waals surface area contributed by atoms with Gasteiger partial charge in [0.05, 0.1) is 0 Å². The highest BCUT2D eigenvalue weighted by Crippen LogP contribution is 2.30. The summed E-state index contributed by atoms with van der Waals surface area (Å²) >= 11 is 0. The zero-order valence-electron chi connectivity index (χ0n) is 11.6. The number of hydrogen-bond acceptors (Lipinski definition) is 3. The second-order valence-electron chi connectivity index (χ2n) is 5.84. The van der Waals surface area contributed by atoms with E-state index in [9.17, 15) is 5.11 Å². The van der Waals surface area contributed by atoms with Crippen LogP contribution < -0.4 is 4.90 Å². The van der Waals surface area contributed by atoms with E-state index >= 15 is 0 Å². The van der Waals surface area contributed by atoms with Crippen LogP contribution >= 0.6 is 0 Å². The summed E-state index contributed by atoms with van der Waals surface area (Å²) < 4.78 is 0. The van der Waals surface area contributed by atoms with Gasteiger partial charge in [-0.25, -0.2) is 0 Å². The molecule has 0 aromatic heterocycles. The van der Waals surface area contributed by atoms with E-state index < -0.39 is 0 Å². The van der Waals surface area contributed by atoms with Crippen LogP contribution in [-0.2, 0) is 0 Å². The van der Waals surface area contributed by atoms with Gasteiger partial charge in [-0.15, -0.1) is 0 Å². The summed E-state index contributed by atoms with van der Waals surface area (Å²) in [5.74, 6) is 0. The van der Waals surface area contributed by atoms with Gasteiger partial charge in [0.25, 0.3) is 0 Å². The monoisotopic (exact) mass is 248 g/mol. The lowest BCUT2D eigenvalue weighted by atomic mass is 9.94. The van der Waals surface area contributed by atoms with Crippen molar-refractivity contribution < 1.29 is 5.11 Å². The molecule has 1 aliphatic heterocycles. The molecule has 0 radical (unpaired) electrons. The Kier molecular flexibility index (Phi) is 3.93. The summed E-state index contributed by atoms with van der Waals surface area (Å²) in [6.07, 6.45) is 0.843. The molecule has 0 spiro atoms. The van der Waals surface area contributed by atoms with Crippen LogP contribution in [0.2, 0.25) is 0 Å². The topological polar surface area (TPSA) is 26.7 Å². The molecule has 1 N–H and O–H groups in total. The minimum atomic E-state index is 0.127. The molecule has 1 aromatic carbocycles. The highest BCUT2D eigenvalue weighted by atomic mass is 16.3. The number of para-hydroxylation sites is 1. The Morgan fingerprint density at radius 1 is 1.28 bits per heavy atom. The van der Waals surface area contributed by atoms with Crippen LogP contribution in [0.1, 0.15) is 20.3 Å². The van der Waals surface area contributed by atoms with E-state index in [-0.39, 0.29) is 12.1 Å². The molecule has 2 rings (SSSR count). The van der Waals surface area contributed by atoms with Crippen molar-refractivity contribution in [2.24, 2.45) is 0 Å². The van der Waals surface area contributed by atoms with E-state index in [1.54, 1.807) is 0 Å². The molecule has 1 saturated heterocycles. The van der Waals surface area contributed by atoms with Gasteiger partial charge in [-0.2, -0.15) is 0 Å². The number of aliphatic hydroxyl groups is 1. The molecule has 1 atom stereocenters. The Morgan fingerprint density at radius 3 is 2.56 bits per heavy atom. The van der Waals surface area contributed by atoms with Crippen molar-refractivity contribution >= 4 is 5.69 Å². The second-order valence-corrected chi connectivity index (χ2v) is 5.84. The summed E-state index contributed by atoms with van der Waals surface area (Å²) in [5, 5.41) is 9.18. The molecule has 0 saturated carbocycles. The van der Waals surface area contributed by atoms with Crippen molar-refractivity contribution in [1.82, 2.24) is 4.90 Å². The largest absolute Gasteiger partial charge is 0.396 e. The van der Waals surface area contributed by atoms with E-state index in [0.29, 0.717) is 6.04 Å². The number of hydrogen-bond donors (Lipinski definition) is 1. The molecule has 1 unspecified atom stereocenters. The standard InChI is InChI=1S/C15H24N2O/c1-15(2)12-16(3)14(9-10-18)11-17(15)13-7-5-4-6-8-13/h4-8,14,18H,9-12H2,1-3H3. The van der Waals surface area contributed by atoms with Crippen molar-refractivity contribution in [2.45, 2.75) is 31.8 Å². The minimum Gasteiger partial charge on any atom is -0.396 e. The molecule has 1 fully saturated rings. The first-order valence-corrected chi connectivity index (χ1v) is 6.68. The van der Waals surface area contributed by atoms with E-state index in [1.807, 2.05) is 0 Å². The number of rotatable bonds is 3. The molecule has 3 nitrogen and oxygen atoms in total. The first-order valence-electron chi connectivity index (χ1n) is 6.68. The average molecular weight is 248 g/mol. The number of nitrogens with zero attached hydrogens (tertiary/aromatic N) is 2. The third kappa shape index (κ3) is 2.68. The second kappa shape index (κ2) is 5.29. The van der Waals surface area contributed by atoms with Crippen molar-refractivity contribution in [1.29, 1.82) is 0 Å². The van der Waals surface area contributed by atoms with Crippen molar-refractivity contribution in [3.8, 4) is 0 Å². The molecule has 0 bridgehead atoms. The number of benzene rings is 1. The van der Waals surface area contributed by atoms with Crippen LogP contribution in [0.3, 0.4) is 0 Å². The molecule has 1 heterocycles. The van der Waals surface area contributed by atoms with Crippen molar-refractivity contribution in [2.75, 3.05) is 31.6 Å². The first kappa shape index (κ1) is 13.4. The maximum atomic E-state index is 9.18. The quantitative estimate of drug-likeness (QED) is 0.886. The Hall–Kier alpha value is -1.06.